The number of anilines is 2. The largest absolute Gasteiger partial charge is 0.486 e. The third-order valence-corrected chi connectivity index (χ3v) is 4.68. The Morgan fingerprint density at radius 3 is 2.43 bits per heavy atom. The topological polar surface area (TPSA) is 93.2 Å². The molecule has 0 aliphatic carbocycles. The lowest BCUT2D eigenvalue weighted by Crippen LogP contribution is -2.12. The van der Waals surface area contributed by atoms with E-state index in [2.05, 4.69) is 20.8 Å². The molecular weight excluding hydrogens is 400 g/mol. The third kappa shape index (κ3) is 5.51. The number of benzene rings is 2. The predicted molar refractivity (Wildman–Crippen MR) is 109 cm³/mol. The van der Waals surface area contributed by atoms with E-state index >= 15 is 0 Å². The highest BCUT2D eigenvalue weighted by Crippen LogP contribution is 2.20. The number of nitrogens with zero attached hydrogens (tertiary/aromatic N) is 2. The highest BCUT2D eigenvalue weighted by Gasteiger charge is 2.11. The first-order valence-corrected chi connectivity index (χ1v) is 9.65. The smallest absolute Gasteiger partial charge is 0.257 e. The number of rotatable bonds is 7. The summed E-state index contributed by atoms with van der Waals surface area (Å²) < 4.78 is 5.61. The number of amides is 2. The Morgan fingerprint density at radius 1 is 1.04 bits per heavy atom. The van der Waals surface area contributed by atoms with Crippen molar-refractivity contribution < 1.29 is 14.3 Å². The van der Waals surface area contributed by atoms with Gasteiger partial charge in [0.2, 0.25) is 11.0 Å². The third-order valence-electron chi connectivity index (χ3n) is 3.62. The van der Waals surface area contributed by atoms with Gasteiger partial charge in [-0.3, -0.25) is 14.9 Å². The van der Waals surface area contributed by atoms with Crippen LogP contribution < -0.4 is 15.4 Å². The molecule has 0 fully saturated rings. The molecule has 0 unspecified atom stereocenters. The summed E-state index contributed by atoms with van der Waals surface area (Å²) >= 11 is 7.06. The predicted octanol–water partition coefficient (Wildman–Crippen LogP) is 4.37. The van der Waals surface area contributed by atoms with Crippen LogP contribution in [0.15, 0.2) is 48.5 Å². The minimum atomic E-state index is -0.310. The molecule has 0 aliphatic rings. The molecule has 0 saturated carbocycles. The van der Waals surface area contributed by atoms with Crippen LogP contribution in [0.2, 0.25) is 5.02 Å². The maximum atomic E-state index is 12.3. The maximum absolute atomic E-state index is 12.3. The molecule has 1 aromatic heterocycles. The minimum Gasteiger partial charge on any atom is -0.486 e. The molecule has 3 rings (SSSR count). The molecule has 0 radical (unpaired) electrons. The molecule has 0 spiro atoms. The van der Waals surface area contributed by atoms with Crippen molar-refractivity contribution in [3.05, 3.63) is 64.1 Å². The Bertz CT molecular complexity index is 958. The first-order valence-electron chi connectivity index (χ1n) is 8.45. The zero-order chi connectivity index (χ0) is 19.9. The van der Waals surface area contributed by atoms with Crippen molar-refractivity contribution in [2.45, 2.75) is 20.0 Å². The molecule has 2 amide bonds. The molecule has 2 N–H and O–H groups in total. The average Bonchev–Trinajstić information content (AvgIpc) is 3.15. The van der Waals surface area contributed by atoms with Gasteiger partial charge >= 0.3 is 0 Å². The van der Waals surface area contributed by atoms with Crippen molar-refractivity contribution in [2.75, 3.05) is 10.6 Å². The van der Waals surface area contributed by atoms with Gasteiger partial charge in [-0.05, 0) is 48.5 Å². The zero-order valence-electron chi connectivity index (χ0n) is 14.9. The Balaban J connectivity index is 1.54. The first-order chi connectivity index (χ1) is 13.5. The standard InChI is InChI=1S/C19H17ClN4O3S/c1-2-16(25)21-14-7-3-12(4-8-14)18(26)22-19-24-23-17(28-19)11-27-15-9-5-13(20)6-10-15/h3-10H,2,11H2,1H3,(H,21,25)(H,22,24,26). The van der Waals surface area contributed by atoms with Gasteiger partial charge in [0, 0.05) is 22.7 Å². The second-order valence-electron chi connectivity index (χ2n) is 5.68. The van der Waals surface area contributed by atoms with Crippen LogP contribution in [0.5, 0.6) is 5.75 Å². The average molecular weight is 417 g/mol. The van der Waals surface area contributed by atoms with Crippen molar-refractivity contribution in [3.63, 3.8) is 0 Å². The van der Waals surface area contributed by atoms with Gasteiger partial charge in [-0.1, -0.05) is 29.9 Å². The van der Waals surface area contributed by atoms with E-state index in [1.807, 2.05) is 0 Å². The molecule has 0 bridgehead atoms. The van der Waals surface area contributed by atoms with E-state index in [0.29, 0.717) is 38.6 Å². The van der Waals surface area contributed by atoms with E-state index in [1.165, 1.54) is 11.3 Å². The molecule has 0 aliphatic heterocycles. The summed E-state index contributed by atoms with van der Waals surface area (Å²) in [6.07, 6.45) is 0.392. The monoisotopic (exact) mass is 416 g/mol. The van der Waals surface area contributed by atoms with E-state index in [-0.39, 0.29) is 18.4 Å². The molecule has 1 heterocycles. The van der Waals surface area contributed by atoms with Crippen molar-refractivity contribution in [1.82, 2.24) is 10.2 Å². The second kappa shape index (κ2) is 9.29. The SMILES string of the molecule is CCC(=O)Nc1ccc(C(=O)Nc2nnc(COc3ccc(Cl)cc3)s2)cc1. The van der Waals surface area contributed by atoms with Crippen LogP contribution in [0.1, 0.15) is 28.7 Å². The normalized spacial score (nSPS) is 10.4. The summed E-state index contributed by atoms with van der Waals surface area (Å²) in [4.78, 5) is 23.7. The lowest BCUT2D eigenvalue weighted by Gasteiger charge is -2.05. The van der Waals surface area contributed by atoms with Crippen molar-refractivity contribution >= 4 is 45.6 Å². The number of nitrogens with one attached hydrogen (secondary N) is 2. The first kappa shape index (κ1) is 19.8. The van der Waals surface area contributed by atoms with Gasteiger partial charge < -0.3 is 10.1 Å². The molecule has 3 aromatic rings. The Morgan fingerprint density at radius 2 is 1.75 bits per heavy atom. The van der Waals surface area contributed by atoms with Gasteiger partial charge in [-0.15, -0.1) is 10.2 Å². The lowest BCUT2D eigenvalue weighted by molar-refractivity contribution is -0.115. The summed E-state index contributed by atoms with van der Waals surface area (Å²) in [5.41, 5.74) is 1.09. The fourth-order valence-corrected chi connectivity index (χ4v) is 2.94. The van der Waals surface area contributed by atoms with Crippen LogP contribution in [-0.4, -0.2) is 22.0 Å². The fourth-order valence-electron chi connectivity index (χ4n) is 2.16. The summed E-state index contributed by atoms with van der Waals surface area (Å²) in [6.45, 7) is 2.01. The molecule has 0 atom stereocenters. The molecular formula is C19H17ClN4O3S. The zero-order valence-corrected chi connectivity index (χ0v) is 16.5. The number of halogens is 1. The fraction of sp³-hybridized carbons (Fsp3) is 0.158. The minimum absolute atomic E-state index is 0.0839. The Hall–Kier alpha value is -2.97. The van der Waals surface area contributed by atoms with Gasteiger partial charge in [0.15, 0.2) is 5.01 Å². The van der Waals surface area contributed by atoms with Gasteiger partial charge in [0.1, 0.15) is 12.4 Å². The lowest BCUT2D eigenvalue weighted by atomic mass is 10.2. The number of ether oxygens (including phenoxy) is 1. The van der Waals surface area contributed by atoms with E-state index in [0.717, 1.165) is 0 Å². The van der Waals surface area contributed by atoms with E-state index in [9.17, 15) is 9.59 Å². The van der Waals surface area contributed by atoms with Crippen LogP contribution in [0.25, 0.3) is 0 Å². The summed E-state index contributed by atoms with van der Waals surface area (Å²) in [5, 5.41) is 15.0. The van der Waals surface area contributed by atoms with Gasteiger partial charge in [0.25, 0.3) is 5.91 Å². The number of hydrogen-bond donors (Lipinski definition) is 2. The van der Waals surface area contributed by atoms with E-state index in [1.54, 1.807) is 55.5 Å². The van der Waals surface area contributed by atoms with Gasteiger partial charge in [-0.2, -0.15) is 0 Å². The van der Waals surface area contributed by atoms with E-state index in [4.69, 9.17) is 16.3 Å². The number of carbonyl (C=O) groups is 2. The molecule has 0 saturated heterocycles. The van der Waals surface area contributed by atoms with Crippen LogP contribution in [0, 0.1) is 0 Å². The maximum Gasteiger partial charge on any atom is 0.257 e. The highest BCUT2D eigenvalue weighted by molar-refractivity contribution is 7.15. The molecule has 144 valence electrons. The second-order valence-corrected chi connectivity index (χ2v) is 7.18. The summed E-state index contributed by atoms with van der Waals surface area (Å²) in [5.74, 6) is 0.273. The van der Waals surface area contributed by atoms with Crippen LogP contribution >= 0.6 is 22.9 Å². The molecule has 28 heavy (non-hydrogen) atoms. The Labute approximate surface area is 170 Å². The van der Waals surface area contributed by atoms with Crippen LogP contribution in [0.3, 0.4) is 0 Å². The summed E-state index contributed by atoms with van der Waals surface area (Å²) in [6, 6.07) is 13.6. The Kier molecular flexibility index (Phi) is 6.57. The van der Waals surface area contributed by atoms with Gasteiger partial charge in [-0.25, -0.2) is 0 Å². The van der Waals surface area contributed by atoms with Crippen molar-refractivity contribution in [2.24, 2.45) is 0 Å². The number of hydrogen-bond acceptors (Lipinski definition) is 6. The molecule has 9 heteroatoms. The van der Waals surface area contributed by atoms with E-state index < -0.39 is 0 Å². The quantitative estimate of drug-likeness (QED) is 0.596. The number of aromatic nitrogens is 2. The van der Waals surface area contributed by atoms with Gasteiger partial charge in [0.05, 0.1) is 0 Å². The molecule has 7 nitrogen and oxygen atoms in total. The number of carbonyl (C=O) groups excluding carboxylic acids is 2. The van der Waals surface area contributed by atoms with Crippen LogP contribution in [0.4, 0.5) is 10.8 Å². The van der Waals surface area contributed by atoms with Crippen molar-refractivity contribution in [3.8, 4) is 5.75 Å². The highest BCUT2D eigenvalue weighted by atomic mass is 35.5. The molecule has 2 aromatic carbocycles. The summed E-state index contributed by atoms with van der Waals surface area (Å²) in [7, 11) is 0. The van der Waals surface area contributed by atoms with Crippen molar-refractivity contribution in [1.29, 1.82) is 0 Å². The van der Waals surface area contributed by atoms with Crippen LogP contribution in [-0.2, 0) is 11.4 Å².